The summed E-state index contributed by atoms with van der Waals surface area (Å²) in [6.07, 6.45) is 5.90. The molecule has 1 aromatic rings. The Morgan fingerprint density at radius 3 is 2.86 bits per heavy atom. The molecule has 1 amide bonds. The van der Waals surface area contributed by atoms with Crippen LogP contribution in [0.2, 0.25) is 0 Å². The van der Waals surface area contributed by atoms with Crippen molar-refractivity contribution in [3.63, 3.8) is 0 Å². The van der Waals surface area contributed by atoms with Crippen molar-refractivity contribution < 1.29 is 14.7 Å². The molecular formula is C14H16N2O3S3. The van der Waals surface area contributed by atoms with E-state index in [1.54, 1.807) is 17.8 Å². The number of thiocarbonyl (C=S) groups is 1. The first kappa shape index (κ1) is 17.1. The summed E-state index contributed by atoms with van der Waals surface area (Å²) in [6, 6.07) is 2.86. The number of hydrogen-bond donors (Lipinski definition) is 1. The number of carbonyl (C=O) groups is 2. The molecule has 0 unspecified atom stereocenters. The Bertz CT molecular complexity index is 639. The van der Waals surface area contributed by atoms with Gasteiger partial charge in [-0.05, 0) is 36.6 Å². The third-order valence-corrected chi connectivity index (χ3v) is 5.25. The first-order chi connectivity index (χ1) is 10.5. The molecule has 0 radical (unpaired) electrons. The Hall–Kier alpha value is -1.25. The van der Waals surface area contributed by atoms with Crippen LogP contribution in [0.5, 0.6) is 0 Å². The van der Waals surface area contributed by atoms with Crippen LogP contribution in [0.15, 0.2) is 23.2 Å². The van der Waals surface area contributed by atoms with Crippen LogP contribution in [0.3, 0.4) is 0 Å². The fourth-order valence-electron chi connectivity index (χ4n) is 2.10. The molecule has 0 bridgehead atoms. The summed E-state index contributed by atoms with van der Waals surface area (Å²) in [4.78, 5) is 25.7. The predicted octanol–water partition coefficient (Wildman–Crippen LogP) is 2.43. The minimum absolute atomic E-state index is 0.305. The highest BCUT2D eigenvalue weighted by Crippen LogP contribution is 2.34. The quantitative estimate of drug-likeness (QED) is 0.624. The van der Waals surface area contributed by atoms with Gasteiger partial charge in [-0.15, -0.1) is 0 Å². The molecule has 1 aliphatic rings. The smallest absolute Gasteiger partial charge is 0.326 e. The molecule has 5 nitrogen and oxygen atoms in total. The second kappa shape index (κ2) is 7.34. The number of carboxylic acids is 1. The van der Waals surface area contributed by atoms with Gasteiger partial charge in [-0.1, -0.05) is 24.0 Å². The minimum Gasteiger partial charge on any atom is -0.480 e. The third kappa shape index (κ3) is 3.56. The van der Waals surface area contributed by atoms with Gasteiger partial charge in [0, 0.05) is 18.9 Å². The van der Waals surface area contributed by atoms with E-state index in [2.05, 4.69) is 0 Å². The van der Waals surface area contributed by atoms with Crippen LogP contribution in [0.1, 0.15) is 12.1 Å². The van der Waals surface area contributed by atoms with Crippen molar-refractivity contribution >= 4 is 58.0 Å². The summed E-state index contributed by atoms with van der Waals surface area (Å²) in [5, 5.41) is 9.39. The summed E-state index contributed by atoms with van der Waals surface area (Å²) in [5.74, 6) is -0.694. The SMILES string of the molecule is CSCC[C@@H](C(=O)O)N1C(=O)/C(=C\c2cccn2C)SC1=S. The standard InChI is InChI=1S/C14H16N2O3S3/c1-15-6-3-4-9(15)8-11-12(17)16(14(20)22-11)10(13(18)19)5-7-21-2/h3-4,6,8,10H,5,7H2,1-2H3,(H,18,19)/b11-8+/t10-/m0/s1. The molecule has 0 spiro atoms. The molecular weight excluding hydrogens is 340 g/mol. The van der Waals surface area contributed by atoms with Gasteiger partial charge in [-0.25, -0.2) is 4.79 Å². The zero-order valence-electron chi connectivity index (χ0n) is 12.2. The van der Waals surface area contributed by atoms with E-state index in [-0.39, 0.29) is 5.91 Å². The Morgan fingerprint density at radius 2 is 2.32 bits per heavy atom. The highest BCUT2D eigenvalue weighted by Gasteiger charge is 2.40. The average Bonchev–Trinajstić information content (AvgIpc) is 2.97. The molecule has 0 aromatic carbocycles. The highest BCUT2D eigenvalue weighted by atomic mass is 32.2. The number of thioether (sulfide) groups is 2. The van der Waals surface area contributed by atoms with Crippen molar-refractivity contribution in [2.24, 2.45) is 7.05 Å². The third-order valence-electron chi connectivity index (χ3n) is 3.28. The Balaban J connectivity index is 2.26. The van der Waals surface area contributed by atoms with Gasteiger partial charge in [0.05, 0.1) is 4.91 Å². The first-order valence-corrected chi connectivity index (χ1v) is 9.17. The van der Waals surface area contributed by atoms with Gasteiger partial charge in [0.25, 0.3) is 5.91 Å². The number of aliphatic carboxylic acids is 1. The number of carboxylic acid groups (broad SMARTS) is 1. The molecule has 1 N–H and O–H groups in total. The molecule has 0 saturated carbocycles. The molecule has 1 saturated heterocycles. The Morgan fingerprint density at radius 1 is 1.59 bits per heavy atom. The molecule has 118 valence electrons. The van der Waals surface area contributed by atoms with E-state index in [9.17, 15) is 14.7 Å². The summed E-state index contributed by atoms with van der Waals surface area (Å²) < 4.78 is 2.19. The largest absolute Gasteiger partial charge is 0.480 e. The number of hydrogen-bond acceptors (Lipinski definition) is 5. The van der Waals surface area contributed by atoms with Gasteiger partial charge in [-0.2, -0.15) is 11.8 Å². The molecule has 0 aliphatic carbocycles. The summed E-state index contributed by atoms with van der Waals surface area (Å²) in [7, 11) is 1.88. The highest BCUT2D eigenvalue weighted by molar-refractivity contribution is 8.26. The van der Waals surface area contributed by atoms with E-state index < -0.39 is 12.0 Å². The predicted molar refractivity (Wildman–Crippen MR) is 94.8 cm³/mol. The molecule has 2 heterocycles. The van der Waals surface area contributed by atoms with Gasteiger partial charge in [0.2, 0.25) is 0 Å². The average molecular weight is 356 g/mol. The van der Waals surface area contributed by atoms with Gasteiger partial charge < -0.3 is 9.67 Å². The Kier molecular flexibility index (Phi) is 5.71. The lowest BCUT2D eigenvalue weighted by molar-refractivity contribution is -0.145. The van der Waals surface area contributed by atoms with Crippen molar-refractivity contribution in [1.29, 1.82) is 0 Å². The fourth-order valence-corrected chi connectivity index (χ4v) is 3.90. The number of rotatable bonds is 6. The number of aromatic nitrogens is 1. The van der Waals surface area contributed by atoms with Gasteiger partial charge in [0.15, 0.2) is 0 Å². The van der Waals surface area contributed by atoms with E-state index >= 15 is 0 Å². The van der Waals surface area contributed by atoms with Crippen molar-refractivity contribution in [2.75, 3.05) is 12.0 Å². The van der Waals surface area contributed by atoms with E-state index in [1.165, 1.54) is 4.90 Å². The first-order valence-electron chi connectivity index (χ1n) is 6.56. The van der Waals surface area contributed by atoms with Gasteiger partial charge in [-0.3, -0.25) is 9.69 Å². The number of carbonyl (C=O) groups excluding carboxylic acids is 1. The van der Waals surface area contributed by atoms with Crippen LogP contribution < -0.4 is 0 Å². The molecule has 2 rings (SSSR count). The second-order valence-corrected chi connectivity index (χ2v) is 7.39. The molecule has 22 heavy (non-hydrogen) atoms. The van der Waals surface area contributed by atoms with Crippen molar-refractivity contribution in [2.45, 2.75) is 12.5 Å². The lowest BCUT2D eigenvalue weighted by Crippen LogP contribution is -2.44. The summed E-state index contributed by atoms with van der Waals surface area (Å²) in [6.45, 7) is 0. The second-order valence-electron chi connectivity index (χ2n) is 4.73. The minimum atomic E-state index is -1.02. The van der Waals surface area contributed by atoms with Crippen LogP contribution in [-0.2, 0) is 16.6 Å². The maximum atomic E-state index is 12.5. The Labute approximate surface area is 142 Å². The molecule has 8 heteroatoms. The fraction of sp³-hybridized carbons (Fsp3) is 0.357. The van der Waals surface area contributed by atoms with Crippen LogP contribution in [0.4, 0.5) is 0 Å². The topological polar surface area (TPSA) is 62.5 Å². The number of nitrogens with zero attached hydrogens (tertiary/aromatic N) is 2. The van der Waals surface area contributed by atoms with Crippen LogP contribution in [0, 0.1) is 0 Å². The number of amides is 1. The van der Waals surface area contributed by atoms with E-state index in [0.29, 0.717) is 21.4 Å². The number of aryl methyl sites for hydroxylation is 1. The summed E-state index contributed by atoms with van der Waals surface area (Å²) in [5.41, 5.74) is 0.872. The van der Waals surface area contributed by atoms with Crippen molar-refractivity contribution in [3.05, 3.63) is 28.9 Å². The normalized spacial score (nSPS) is 18.3. The molecule has 1 aliphatic heterocycles. The van der Waals surface area contributed by atoms with E-state index in [0.717, 1.165) is 17.5 Å². The maximum absolute atomic E-state index is 12.5. The molecule has 1 aromatic heterocycles. The monoisotopic (exact) mass is 356 g/mol. The zero-order valence-corrected chi connectivity index (χ0v) is 14.6. The van der Waals surface area contributed by atoms with E-state index in [4.69, 9.17) is 12.2 Å². The van der Waals surface area contributed by atoms with Gasteiger partial charge in [0.1, 0.15) is 10.4 Å². The lowest BCUT2D eigenvalue weighted by atomic mass is 10.2. The van der Waals surface area contributed by atoms with Crippen LogP contribution in [0.25, 0.3) is 6.08 Å². The van der Waals surface area contributed by atoms with Crippen LogP contribution in [-0.4, -0.2) is 48.8 Å². The maximum Gasteiger partial charge on any atom is 0.326 e. The van der Waals surface area contributed by atoms with Crippen molar-refractivity contribution in [3.8, 4) is 0 Å². The van der Waals surface area contributed by atoms with Crippen LogP contribution >= 0.6 is 35.7 Å². The molecule has 1 fully saturated rings. The summed E-state index contributed by atoms with van der Waals surface area (Å²) >= 11 is 7.92. The lowest BCUT2D eigenvalue weighted by Gasteiger charge is -2.22. The molecule has 1 atom stereocenters. The zero-order chi connectivity index (χ0) is 16.3. The van der Waals surface area contributed by atoms with Crippen molar-refractivity contribution in [1.82, 2.24) is 9.47 Å². The van der Waals surface area contributed by atoms with Gasteiger partial charge >= 0.3 is 5.97 Å². The van der Waals surface area contributed by atoms with E-state index in [1.807, 2.05) is 36.2 Å².